The molecule has 2 rings (SSSR count). The lowest BCUT2D eigenvalue weighted by Gasteiger charge is -2.34. The van der Waals surface area contributed by atoms with E-state index in [1.165, 1.54) is 12.5 Å². The van der Waals surface area contributed by atoms with Crippen molar-refractivity contribution in [1.82, 2.24) is 14.9 Å². The van der Waals surface area contributed by atoms with Gasteiger partial charge in [-0.2, -0.15) is 0 Å². The summed E-state index contributed by atoms with van der Waals surface area (Å²) in [5.41, 5.74) is 0.0276. The lowest BCUT2D eigenvalue weighted by molar-refractivity contribution is 0.0197. The number of nitrogens with zero attached hydrogens (tertiary/aromatic N) is 3. The fraction of sp³-hybridized carbons (Fsp3) is 0.600. The van der Waals surface area contributed by atoms with Crippen LogP contribution in [0.5, 0.6) is 0 Å². The number of aromatic carboxylic acids is 1. The third kappa shape index (κ3) is 3.93. The molecule has 0 aliphatic carbocycles. The predicted molar refractivity (Wildman–Crippen MR) is 78.8 cm³/mol. The number of carboxylic acid groups (broad SMARTS) is 1. The third-order valence-corrected chi connectivity index (χ3v) is 3.43. The Morgan fingerprint density at radius 2 is 2.14 bits per heavy atom. The number of amides is 1. The van der Waals surface area contributed by atoms with Gasteiger partial charge in [-0.3, -0.25) is 0 Å². The van der Waals surface area contributed by atoms with Crippen molar-refractivity contribution in [2.75, 3.05) is 13.1 Å². The molecule has 0 bridgehead atoms. The largest absolute Gasteiger partial charge is 0.478 e. The number of likely N-dealkylation sites (tertiary alicyclic amines) is 1. The lowest BCUT2D eigenvalue weighted by Crippen LogP contribution is -2.42. The lowest BCUT2D eigenvalue weighted by atomic mass is 9.92. The van der Waals surface area contributed by atoms with Crippen molar-refractivity contribution < 1.29 is 19.4 Å². The van der Waals surface area contributed by atoms with Crippen LogP contribution < -0.4 is 0 Å². The summed E-state index contributed by atoms with van der Waals surface area (Å²) < 4.78 is 5.38. The van der Waals surface area contributed by atoms with E-state index in [2.05, 4.69) is 9.97 Å². The van der Waals surface area contributed by atoms with E-state index in [4.69, 9.17) is 4.74 Å². The van der Waals surface area contributed by atoms with Crippen LogP contribution in [-0.4, -0.2) is 50.7 Å². The van der Waals surface area contributed by atoms with Crippen LogP contribution in [-0.2, 0) is 4.74 Å². The van der Waals surface area contributed by atoms with E-state index in [0.717, 1.165) is 12.8 Å². The molecule has 1 N–H and O–H groups in total. The Hall–Kier alpha value is -2.18. The summed E-state index contributed by atoms with van der Waals surface area (Å²) >= 11 is 0. The molecule has 7 heteroatoms. The molecule has 0 spiro atoms. The first-order valence-corrected chi connectivity index (χ1v) is 7.29. The van der Waals surface area contributed by atoms with Crippen molar-refractivity contribution in [3.63, 3.8) is 0 Å². The smallest absolute Gasteiger partial charge is 0.410 e. The van der Waals surface area contributed by atoms with Crippen molar-refractivity contribution in [3.8, 4) is 0 Å². The maximum absolute atomic E-state index is 12.2. The molecule has 1 aliphatic heterocycles. The van der Waals surface area contributed by atoms with Crippen molar-refractivity contribution in [3.05, 3.63) is 23.8 Å². The standard InChI is InChI=1S/C15H21N3O4/c1-15(2,3)22-14(21)18-6-4-5-10(8-18)12-11(13(19)20)7-16-9-17-12/h7,9-10H,4-6,8H2,1-3H3,(H,19,20). The molecule has 22 heavy (non-hydrogen) atoms. The first kappa shape index (κ1) is 16.2. The average Bonchev–Trinajstić information content (AvgIpc) is 2.45. The molecule has 1 aliphatic rings. The minimum absolute atomic E-state index is 0.0959. The molecule has 1 atom stereocenters. The van der Waals surface area contributed by atoms with Gasteiger partial charge >= 0.3 is 12.1 Å². The highest BCUT2D eigenvalue weighted by Crippen LogP contribution is 2.28. The van der Waals surface area contributed by atoms with E-state index in [9.17, 15) is 14.7 Å². The Morgan fingerprint density at radius 1 is 1.41 bits per heavy atom. The number of hydrogen-bond donors (Lipinski definition) is 1. The Morgan fingerprint density at radius 3 is 2.77 bits per heavy atom. The van der Waals surface area contributed by atoms with Gasteiger partial charge in [-0.05, 0) is 33.6 Å². The van der Waals surface area contributed by atoms with Crippen LogP contribution in [0, 0.1) is 0 Å². The Balaban J connectivity index is 2.14. The molecule has 0 aromatic carbocycles. The van der Waals surface area contributed by atoms with E-state index in [-0.39, 0.29) is 17.6 Å². The summed E-state index contributed by atoms with van der Waals surface area (Å²) in [6.45, 7) is 6.48. The number of carbonyl (C=O) groups is 2. The molecule has 120 valence electrons. The van der Waals surface area contributed by atoms with E-state index in [0.29, 0.717) is 18.8 Å². The fourth-order valence-corrected chi connectivity index (χ4v) is 2.52. The molecule has 1 aromatic heterocycles. The maximum atomic E-state index is 12.2. The number of rotatable bonds is 2. The van der Waals surface area contributed by atoms with Gasteiger partial charge in [0.2, 0.25) is 0 Å². The fourth-order valence-electron chi connectivity index (χ4n) is 2.52. The zero-order valence-electron chi connectivity index (χ0n) is 13.1. The molecule has 7 nitrogen and oxygen atoms in total. The predicted octanol–water partition coefficient (Wildman–Crippen LogP) is 2.29. The molecule has 1 unspecified atom stereocenters. The molecule has 0 saturated carbocycles. The van der Waals surface area contributed by atoms with Gasteiger partial charge in [-0.1, -0.05) is 0 Å². The van der Waals surface area contributed by atoms with Crippen LogP contribution in [0.15, 0.2) is 12.5 Å². The van der Waals surface area contributed by atoms with E-state index >= 15 is 0 Å². The van der Waals surface area contributed by atoms with Crippen LogP contribution in [0.2, 0.25) is 0 Å². The summed E-state index contributed by atoms with van der Waals surface area (Å²) in [7, 11) is 0. The van der Waals surface area contributed by atoms with Gasteiger partial charge in [0, 0.05) is 25.2 Å². The Labute approximate surface area is 129 Å². The molecule has 1 aromatic rings. The SMILES string of the molecule is CC(C)(C)OC(=O)N1CCCC(c2ncncc2C(=O)O)C1. The number of carboxylic acids is 1. The van der Waals surface area contributed by atoms with Gasteiger partial charge in [0.15, 0.2) is 0 Å². The zero-order valence-corrected chi connectivity index (χ0v) is 13.1. The van der Waals surface area contributed by atoms with Crippen molar-refractivity contribution >= 4 is 12.1 Å². The highest BCUT2D eigenvalue weighted by atomic mass is 16.6. The first-order valence-electron chi connectivity index (χ1n) is 7.29. The Kier molecular flexibility index (Phi) is 4.63. The summed E-state index contributed by atoms with van der Waals surface area (Å²) in [5, 5.41) is 9.24. The van der Waals surface area contributed by atoms with Crippen molar-refractivity contribution in [2.45, 2.75) is 45.1 Å². The summed E-state index contributed by atoms with van der Waals surface area (Å²) in [5.74, 6) is -1.17. The van der Waals surface area contributed by atoms with Gasteiger partial charge in [0.25, 0.3) is 0 Å². The minimum atomic E-state index is -1.05. The van der Waals surface area contributed by atoms with Crippen LogP contribution in [0.1, 0.15) is 55.6 Å². The third-order valence-electron chi connectivity index (χ3n) is 3.43. The van der Waals surface area contributed by atoms with Crippen molar-refractivity contribution in [1.29, 1.82) is 0 Å². The second-order valence-corrected chi connectivity index (χ2v) is 6.39. The van der Waals surface area contributed by atoms with Crippen LogP contribution in [0.25, 0.3) is 0 Å². The molecule has 2 heterocycles. The summed E-state index contributed by atoms with van der Waals surface area (Å²) in [4.78, 5) is 33.0. The van der Waals surface area contributed by atoms with Gasteiger partial charge in [-0.15, -0.1) is 0 Å². The highest BCUT2D eigenvalue weighted by Gasteiger charge is 2.31. The number of ether oxygens (including phenoxy) is 1. The quantitative estimate of drug-likeness (QED) is 0.901. The number of aromatic nitrogens is 2. The van der Waals surface area contributed by atoms with Gasteiger partial charge < -0.3 is 14.7 Å². The molecular formula is C15H21N3O4. The monoisotopic (exact) mass is 307 g/mol. The minimum Gasteiger partial charge on any atom is -0.478 e. The molecule has 1 saturated heterocycles. The second kappa shape index (κ2) is 6.29. The molecular weight excluding hydrogens is 286 g/mol. The average molecular weight is 307 g/mol. The van der Waals surface area contributed by atoms with E-state index < -0.39 is 11.6 Å². The van der Waals surface area contributed by atoms with Crippen molar-refractivity contribution in [2.24, 2.45) is 0 Å². The maximum Gasteiger partial charge on any atom is 0.410 e. The number of hydrogen-bond acceptors (Lipinski definition) is 5. The van der Waals surface area contributed by atoms with Crippen LogP contribution in [0.3, 0.4) is 0 Å². The van der Waals surface area contributed by atoms with E-state index in [1.807, 2.05) is 20.8 Å². The van der Waals surface area contributed by atoms with Gasteiger partial charge in [0.1, 0.15) is 11.9 Å². The molecule has 0 radical (unpaired) electrons. The summed E-state index contributed by atoms with van der Waals surface area (Å²) in [6.07, 6.45) is 3.85. The molecule has 1 fully saturated rings. The van der Waals surface area contributed by atoms with Crippen LogP contribution in [0.4, 0.5) is 4.79 Å². The summed E-state index contributed by atoms with van der Waals surface area (Å²) in [6, 6.07) is 0. The number of carbonyl (C=O) groups excluding carboxylic acids is 1. The second-order valence-electron chi connectivity index (χ2n) is 6.39. The van der Waals surface area contributed by atoms with Gasteiger partial charge in [-0.25, -0.2) is 19.6 Å². The topological polar surface area (TPSA) is 92.6 Å². The first-order chi connectivity index (χ1) is 10.3. The zero-order chi connectivity index (χ0) is 16.3. The van der Waals surface area contributed by atoms with Gasteiger partial charge in [0.05, 0.1) is 11.3 Å². The number of piperidine rings is 1. The molecule has 1 amide bonds. The van der Waals surface area contributed by atoms with E-state index in [1.54, 1.807) is 4.90 Å². The van der Waals surface area contributed by atoms with Crippen LogP contribution >= 0.6 is 0 Å². The normalized spacial score (nSPS) is 18.9. The Bertz CT molecular complexity index is 568. The highest BCUT2D eigenvalue weighted by molar-refractivity contribution is 5.88.